The number of benzene rings is 1. The zero-order valence-electron chi connectivity index (χ0n) is 13.2. The summed E-state index contributed by atoms with van der Waals surface area (Å²) < 4.78 is 9.58. The van der Waals surface area contributed by atoms with E-state index in [0.717, 1.165) is 0 Å². The molecule has 0 spiro atoms. The molecule has 2 unspecified atom stereocenters. The molecule has 1 aromatic rings. The molecule has 0 saturated heterocycles. The third-order valence-corrected chi connectivity index (χ3v) is 3.39. The van der Waals surface area contributed by atoms with E-state index in [1.165, 1.54) is 24.3 Å². The second-order valence-corrected chi connectivity index (χ2v) is 5.25. The van der Waals surface area contributed by atoms with Gasteiger partial charge < -0.3 is 14.6 Å². The van der Waals surface area contributed by atoms with E-state index in [1.54, 1.807) is 30.3 Å². The van der Waals surface area contributed by atoms with Crippen LogP contribution in [0, 0.1) is 5.92 Å². The van der Waals surface area contributed by atoms with Crippen LogP contribution in [0.1, 0.15) is 5.56 Å². The third kappa shape index (κ3) is 5.50. The summed E-state index contributed by atoms with van der Waals surface area (Å²) >= 11 is 0. The van der Waals surface area contributed by atoms with Gasteiger partial charge in [-0.25, -0.2) is 9.59 Å². The van der Waals surface area contributed by atoms with Crippen LogP contribution in [-0.4, -0.2) is 41.5 Å². The number of aliphatic carboxylic acids is 1. The third-order valence-electron chi connectivity index (χ3n) is 3.39. The Labute approximate surface area is 143 Å². The molecule has 0 radical (unpaired) electrons. The first-order valence-corrected chi connectivity index (χ1v) is 7.48. The molecule has 1 N–H and O–H groups in total. The van der Waals surface area contributed by atoms with Gasteiger partial charge in [0.2, 0.25) is 0 Å². The summed E-state index contributed by atoms with van der Waals surface area (Å²) in [5.74, 6) is -4.65. The molecule has 0 aromatic heterocycles. The summed E-state index contributed by atoms with van der Waals surface area (Å²) in [5.41, 5.74) is 0.675. The maximum atomic E-state index is 11.7. The van der Waals surface area contributed by atoms with E-state index >= 15 is 0 Å². The molecule has 7 nitrogen and oxygen atoms in total. The average molecular weight is 344 g/mol. The Balaban J connectivity index is 1.85. The van der Waals surface area contributed by atoms with Gasteiger partial charge in [0, 0.05) is 0 Å². The summed E-state index contributed by atoms with van der Waals surface area (Å²) in [4.78, 5) is 46.3. The first kappa shape index (κ1) is 18.3. The predicted molar refractivity (Wildman–Crippen MR) is 85.4 cm³/mol. The number of hydrogen-bond donors (Lipinski definition) is 1. The van der Waals surface area contributed by atoms with Crippen molar-refractivity contribution in [3.05, 3.63) is 60.2 Å². The maximum absolute atomic E-state index is 11.7. The van der Waals surface area contributed by atoms with Gasteiger partial charge in [0.25, 0.3) is 0 Å². The molecular formula is C18H16O7. The van der Waals surface area contributed by atoms with Crippen LogP contribution >= 0.6 is 0 Å². The zero-order chi connectivity index (χ0) is 18.2. The Morgan fingerprint density at radius 3 is 2.44 bits per heavy atom. The lowest BCUT2D eigenvalue weighted by Gasteiger charge is -2.20. The van der Waals surface area contributed by atoms with Crippen molar-refractivity contribution < 1.29 is 33.8 Å². The van der Waals surface area contributed by atoms with E-state index in [1.807, 2.05) is 0 Å². The standard InChI is InChI=1S/C18H16O7/c19-14-9-5-4-8-13(14)17(18(22)23)24-11-16(21)25-15(20)10-12-6-2-1-3-7-12/h1-9,13,17H,10-11H2,(H,22,23). The number of carboxylic acid groups (broad SMARTS) is 1. The lowest BCUT2D eigenvalue weighted by molar-refractivity contribution is -0.168. The average Bonchev–Trinajstić information content (AvgIpc) is 2.57. The van der Waals surface area contributed by atoms with E-state index in [0.29, 0.717) is 5.56 Å². The molecule has 0 fully saturated rings. The molecule has 1 aliphatic carbocycles. The first-order chi connectivity index (χ1) is 12.0. The van der Waals surface area contributed by atoms with Gasteiger partial charge in [0.1, 0.15) is 6.61 Å². The number of carbonyl (C=O) groups excluding carboxylic acids is 3. The number of ketones is 1. The molecule has 7 heteroatoms. The van der Waals surface area contributed by atoms with Gasteiger partial charge in [-0.15, -0.1) is 0 Å². The summed E-state index contributed by atoms with van der Waals surface area (Å²) in [5, 5.41) is 9.18. The Morgan fingerprint density at radius 1 is 1.08 bits per heavy atom. The first-order valence-electron chi connectivity index (χ1n) is 7.48. The van der Waals surface area contributed by atoms with E-state index in [2.05, 4.69) is 4.74 Å². The van der Waals surface area contributed by atoms with Crippen LogP contribution in [0.2, 0.25) is 0 Å². The SMILES string of the molecule is O=C(COC(C(=O)O)C1C=CC=CC1=O)OC(=O)Cc1ccccc1. The molecular weight excluding hydrogens is 328 g/mol. The fourth-order valence-corrected chi connectivity index (χ4v) is 2.23. The second kappa shape index (κ2) is 8.70. The van der Waals surface area contributed by atoms with Gasteiger partial charge in [-0.1, -0.05) is 48.6 Å². The van der Waals surface area contributed by atoms with Gasteiger partial charge in [0.05, 0.1) is 12.3 Å². The topological polar surface area (TPSA) is 107 Å². The highest BCUT2D eigenvalue weighted by molar-refractivity contribution is 5.98. The number of allylic oxidation sites excluding steroid dienone is 3. The van der Waals surface area contributed by atoms with Crippen LogP contribution < -0.4 is 0 Å². The van der Waals surface area contributed by atoms with E-state index in [-0.39, 0.29) is 6.42 Å². The summed E-state index contributed by atoms with van der Waals surface area (Å²) in [7, 11) is 0. The summed E-state index contributed by atoms with van der Waals surface area (Å²) in [6, 6.07) is 8.69. The molecule has 2 atom stereocenters. The van der Waals surface area contributed by atoms with Crippen LogP contribution in [0.25, 0.3) is 0 Å². The molecule has 130 valence electrons. The Bertz CT molecular complexity index is 718. The van der Waals surface area contributed by atoms with Crippen molar-refractivity contribution in [3.8, 4) is 0 Å². The van der Waals surface area contributed by atoms with Gasteiger partial charge in [-0.05, 0) is 11.6 Å². The minimum Gasteiger partial charge on any atom is -0.479 e. The lowest BCUT2D eigenvalue weighted by Crippen LogP contribution is -2.38. The highest BCUT2D eigenvalue weighted by Gasteiger charge is 2.33. The number of carboxylic acids is 1. The quantitative estimate of drug-likeness (QED) is 0.582. The van der Waals surface area contributed by atoms with Crippen molar-refractivity contribution in [2.45, 2.75) is 12.5 Å². The Morgan fingerprint density at radius 2 is 1.80 bits per heavy atom. The second-order valence-electron chi connectivity index (χ2n) is 5.25. The summed E-state index contributed by atoms with van der Waals surface area (Å²) in [6.45, 7) is -0.751. The van der Waals surface area contributed by atoms with Crippen LogP contribution in [0.5, 0.6) is 0 Å². The zero-order valence-corrected chi connectivity index (χ0v) is 13.2. The largest absolute Gasteiger partial charge is 0.479 e. The molecule has 1 aromatic carbocycles. The number of hydrogen-bond acceptors (Lipinski definition) is 6. The summed E-state index contributed by atoms with van der Waals surface area (Å²) in [6.07, 6.45) is 3.98. The van der Waals surface area contributed by atoms with Crippen molar-refractivity contribution in [2.24, 2.45) is 5.92 Å². The number of rotatable bonds is 7. The predicted octanol–water partition coefficient (Wildman–Crippen LogP) is 1.08. The smallest absolute Gasteiger partial charge is 0.339 e. The van der Waals surface area contributed by atoms with E-state index in [4.69, 9.17) is 4.74 Å². The monoisotopic (exact) mass is 344 g/mol. The molecule has 1 aliphatic rings. The molecule has 0 heterocycles. The van der Waals surface area contributed by atoms with Crippen LogP contribution in [0.4, 0.5) is 0 Å². The van der Waals surface area contributed by atoms with E-state index < -0.39 is 42.3 Å². The van der Waals surface area contributed by atoms with Crippen molar-refractivity contribution in [3.63, 3.8) is 0 Å². The maximum Gasteiger partial charge on any atom is 0.339 e. The number of ether oxygens (including phenoxy) is 2. The van der Waals surface area contributed by atoms with Crippen LogP contribution in [-0.2, 0) is 35.1 Å². The fourth-order valence-electron chi connectivity index (χ4n) is 2.23. The van der Waals surface area contributed by atoms with Gasteiger partial charge >= 0.3 is 17.9 Å². The Hall–Kier alpha value is -3.06. The molecule has 0 saturated carbocycles. The minimum absolute atomic E-state index is 0.0937. The van der Waals surface area contributed by atoms with Gasteiger partial charge in [-0.2, -0.15) is 0 Å². The lowest BCUT2D eigenvalue weighted by atomic mass is 9.93. The molecule has 25 heavy (non-hydrogen) atoms. The van der Waals surface area contributed by atoms with Crippen molar-refractivity contribution in [1.82, 2.24) is 0 Å². The highest BCUT2D eigenvalue weighted by atomic mass is 16.6. The number of carbonyl (C=O) groups is 4. The number of esters is 2. The molecule has 2 rings (SSSR count). The fraction of sp³-hybridized carbons (Fsp3) is 0.222. The Kier molecular flexibility index (Phi) is 6.36. The van der Waals surface area contributed by atoms with Gasteiger partial charge in [0.15, 0.2) is 11.9 Å². The van der Waals surface area contributed by atoms with Crippen LogP contribution in [0.15, 0.2) is 54.6 Å². The molecule has 0 amide bonds. The van der Waals surface area contributed by atoms with Crippen molar-refractivity contribution >= 4 is 23.7 Å². The van der Waals surface area contributed by atoms with Crippen molar-refractivity contribution in [2.75, 3.05) is 6.61 Å². The molecule has 0 bridgehead atoms. The normalized spacial score (nSPS) is 17.1. The van der Waals surface area contributed by atoms with Crippen LogP contribution in [0.3, 0.4) is 0 Å². The minimum atomic E-state index is -1.54. The molecule has 0 aliphatic heterocycles. The van der Waals surface area contributed by atoms with E-state index in [9.17, 15) is 24.3 Å². The van der Waals surface area contributed by atoms with Crippen molar-refractivity contribution in [1.29, 1.82) is 0 Å². The highest BCUT2D eigenvalue weighted by Crippen LogP contribution is 2.16. The van der Waals surface area contributed by atoms with Gasteiger partial charge in [-0.3, -0.25) is 9.59 Å².